The maximum atomic E-state index is 13.4. The van der Waals surface area contributed by atoms with Crippen molar-refractivity contribution in [2.24, 2.45) is 0 Å². The highest BCUT2D eigenvalue weighted by molar-refractivity contribution is 5.96. The summed E-state index contributed by atoms with van der Waals surface area (Å²) in [7, 11) is 0. The van der Waals surface area contributed by atoms with E-state index in [2.05, 4.69) is 44.7 Å². The quantitative estimate of drug-likeness (QED) is 0.322. The van der Waals surface area contributed by atoms with Crippen LogP contribution in [-0.2, 0) is 19.3 Å². The molecule has 0 radical (unpaired) electrons. The van der Waals surface area contributed by atoms with Crippen molar-refractivity contribution in [2.75, 3.05) is 6.54 Å². The number of ether oxygens (including phenoxy) is 1. The van der Waals surface area contributed by atoms with E-state index < -0.39 is 12.0 Å². The normalized spacial score (nSPS) is 12.8. The molecule has 0 saturated heterocycles. The summed E-state index contributed by atoms with van der Waals surface area (Å²) >= 11 is 0. The monoisotopic (exact) mass is 492 g/mol. The van der Waals surface area contributed by atoms with Crippen molar-refractivity contribution in [3.63, 3.8) is 0 Å². The molecule has 0 saturated carbocycles. The van der Waals surface area contributed by atoms with Gasteiger partial charge in [-0.2, -0.15) is 17.7 Å². The van der Waals surface area contributed by atoms with Crippen LogP contribution in [0.2, 0.25) is 0 Å². The Kier molecular flexibility index (Phi) is 6.51. The highest BCUT2D eigenvalue weighted by Crippen LogP contribution is 2.32. The summed E-state index contributed by atoms with van der Waals surface area (Å²) in [5.74, 6) is -0.805. The fourth-order valence-corrected chi connectivity index (χ4v) is 4.00. The van der Waals surface area contributed by atoms with Crippen LogP contribution in [0.4, 0.5) is 13.2 Å². The molecular formula is C26H23F3N6O. The Balaban J connectivity index is 1.31. The summed E-state index contributed by atoms with van der Waals surface area (Å²) in [6.45, 7) is 3.57. The third-order valence-electron chi connectivity index (χ3n) is 5.83. The molecule has 3 aromatic heterocycles. The number of nitrogens with zero attached hydrogens (tertiary/aromatic N) is 5. The average Bonchev–Trinajstić information content (AvgIpc) is 3.33. The molecule has 0 bridgehead atoms. The largest absolute Gasteiger partial charge is 0.470 e. The van der Waals surface area contributed by atoms with Crippen molar-refractivity contribution in [3.05, 3.63) is 95.6 Å². The molecule has 10 heteroatoms. The van der Waals surface area contributed by atoms with E-state index in [0.717, 1.165) is 12.2 Å². The molecule has 1 N–H and O–H groups in total. The van der Waals surface area contributed by atoms with Gasteiger partial charge in [-0.3, -0.25) is 4.98 Å². The van der Waals surface area contributed by atoms with Crippen LogP contribution in [0.25, 0.3) is 16.4 Å². The summed E-state index contributed by atoms with van der Waals surface area (Å²) in [4.78, 5) is 4.62. The first-order valence-electron chi connectivity index (χ1n) is 11.4. The van der Waals surface area contributed by atoms with Gasteiger partial charge in [-0.25, -0.2) is 0 Å². The number of fused-ring (bicyclic) bond motifs is 3. The maximum absolute atomic E-state index is 13.4. The molecule has 1 atom stereocenters. The van der Waals surface area contributed by atoms with Crippen LogP contribution in [0, 0.1) is 0 Å². The molecule has 3 heterocycles. The van der Waals surface area contributed by atoms with Crippen molar-refractivity contribution in [1.29, 1.82) is 0 Å². The molecule has 0 aliphatic rings. The number of aromatic nitrogens is 5. The minimum atomic E-state index is -4.70. The Morgan fingerprint density at radius 2 is 1.61 bits per heavy atom. The van der Waals surface area contributed by atoms with Crippen LogP contribution in [0.3, 0.4) is 0 Å². The smallest absolute Gasteiger partial charge is 0.453 e. The number of hydrogen-bond acceptors (Lipinski definition) is 6. The topological polar surface area (TPSA) is 77.2 Å². The lowest BCUT2D eigenvalue weighted by Gasteiger charge is -2.13. The Bertz CT molecular complexity index is 1490. The molecule has 184 valence electrons. The molecule has 5 rings (SSSR count). The zero-order valence-corrected chi connectivity index (χ0v) is 19.4. The van der Waals surface area contributed by atoms with Crippen LogP contribution >= 0.6 is 0 Å². The van der Waals surface area contributed by atoms with Gasteiger partial charge in [0.1, 0.15) is 6.61 Å². The lowest BCUT2D eigenvalue weighted by Crippen LogP contribution is -2.20. The fourth-order valence-electron chi connectivity index (χ4n) is 4.00. The first-order valence-corrected chi connectivity index (χ1v) is 11.4. The molecule has 5 aromatic rings. The van der Waals surface area contributed by atoms with Gasteiger partial charge in [0, 0.05) is 23.9 Å². The third kappa shape index (κ3) is 4.99. The van der Waals surface area contributed by atoms with Gasteiger partial charge in [-0.05, 0) is 29.7 Å². The van der Waals surface area contributed by atoms with Gasteiger partial charge in [0.05, 0.1) is 11.4 Å². The van der Waals surface area contributed by atoms with Crippen molar-refractivity contribution in [1.82, 2.24) is 30.1 Å². The Morgan fingerprint density at radius 3 is 2.39 bits per heavy atom. The van der Waals surface area contributed by atoms with E-state index in [1.54, 1.807) is 30.3 Å². The highest BCUT2D eigenvalue weighted by Gasteiger charge is 2.38. The summed E-state index contributed by atoms with van der Waals surface area (Å²) in [6, 6.07) is 22.7. The first kappa shape index (κ1) is 23.7. The summed E-state index contributed by atoms with van der Waals surface area (Å²) in [6.07, 6.45) is -4.70. The van der Waals surface area contributed by atoms with E-state index in [9.17, 15) is 13.2 Å². The van der Waals surface area contributed by atoms with E-state index in [4.69, 9.17) is 4.74 Å². The zero-order chi connectivity index (χ0) is 25.1. The number of halogens is 3. The Morgan fingerprint density at radius 1 is 0.889 bits per heavy atom. The third-order valence-corrected chi connectivity index (χ3v) is 5.83. The van der Waals surface area contributed by atoms with Crippen LogP contribution in [0.15, 0.2) is 72.8 Å². The minimum absolute atomic E-state index is 0.0150. The van der Waals surface area contributed by atoms with E-state index in [1.165, 1.54) is 5.56 Å². The van der Waals surface area contributed by atoms with Gasteiger partial charge in [-0.15, -0.1) is 15.3 Å². The lowest BCUT2D eigenvalue weighted by molar-refractivity contribution is -0.146. The van der Waals surface area contributed by atoms with Gasteiger partial charge in [0.15, 0.2) is 5.65 Å². The molecule has 1 unspecified atom stereocenters. The summed E-state index contributed by atoms with van der Waals surface area (Å²) in [5, 5.41) is 15.5. The van der Waals surface area contributed by atoms with Gasteiger partial charge < -0.3 is 10.1 Å². The van der Waals surface area contributed by atoms with E-state index in [1.807, 2.05) is 30.3 Å². The molecule has 0 spiro atoms. The molecule has 0 fully saturated rings. The first-order chi connectivity index (χ1) is 17.4. The summed E-state index contributed by atoms with van der Waals surface area (Å²) < 4.78 is 46.8. The van der Waals surface area contributed by atoms with E-state index in [0.29, 0.717) is 33.4 Å². The SMILES string of the molecule is CC(CNCc1cccc(COc2nn3c(C(F)(F)F)nnc3c3ccccc23)n1)c1ccccc1. The van der Waals surface area contributed by atoms with Gasteiger partial charge in [0.2, 0.25) is 5.88 Å². The Labute approximate surface area is 205 Å². The standard InChI is InChI=1S/C26H23F3N6O/c1-17(18-8-3-2-4-9-18)14-30-15-19-10-7-11-20(31-19)16-36-24-22-13-6-5-12-21(22)23-32-33-25(26(27,28)29)35(23)34-24/h2-13,17,30H,14-16H2,1H3. The predicted molar refractivity (Wildman–Crippen MR) is 128 cm³/mol. The molecule has 0 amide bonds. The second kappa shape index (κ2) is 9.90. The average molecular weight is 493 g/mol. The number of rotatable bonds is 8. The molecule has 36 heavy (non-hydrogen) atoms. The number of pyridine rings is 1. The van der Waals surface area contributed by atoms with Gasteiger partial charge in [-0.1, -0.05) is 61.5 Å². The van der Waals surface area contributed by atoms with Crippen LogP contribution in [-0.4, -0.2) is 31.3 Å². The zero-order valence-electron chi connectivity index (χ0n) is 19.4. The van der Waals surface area contributed by atoms with Gasteiger partial charge >= 0.3 is 6.18 Å². The molecule has 0 aliphatic carbocycles. The van der Waals surface area contributed by atoms with Crippen LogP contribution in [0.1, 0.15) is 35.6 Å². The lowest BCUT2D eigenvalue weighted by atomic mass is 10.0. The van der Waals surface area contributed by atoms with Crippen LogP contribution in [0.5, 0.6) is 5.88 Å². The highest BCUT2D eigenvalue weighted by atomic mass is 19.4. The number of alkyl halides is 3. The number of hydrogen-bond donors (Lipinski definition) is 1. The van der Waals surface area contributed by atoms with E-state index >= 15 is 0 Å². The van der Waals surface area contributed by atoms with Gasteiger partial charge in [0.25, 0.3) is 5.82 Å². The Hall–Kier alpha value is -4.05. The second-order valence-corrected chi connectivity index (χ2v) is 8.46. The van der Waals surface area contributed by atoms with Crippen molar-refractivity contribution < 1.29 is 17.9 Å². The number of nitrogens with one attached hydrogen (secondary N) is 1. The fraction of sp³-hybridized carbons (Fsp3) is 0.231. The molecule has 2 aromatic carbocycles. The van der Waals surface area contributed by atoms with Crippen molar-refractivity contribution in [3.8, 4) is 5.88 Å². The molecule has 7 nitrogen and oxygen atoms in total. The van der Waals surface area contributed by atoms with Crippen molar-refractivity contribution >= 4 is 16.4 Å². The van der Waals surface area contributed by atoms with E-state index in [-0.39, 0.29) is 18.1 Å². The predicted octanol–water partition coefficient (Wildman–Crippen LogP) is 5.16. The molecule has 0 aliphatic heterocycles. The molecular weight excluding hydrogens is 469 g/mol. The second-order valence-electron chi connectivity index (χ2n) is 8.46. The van der Waals surface area contributed by atoms with Crippen LogP contribution < -0.4 is 10.1 Å². The minimum Gasteiger partial charge on any atom is -0.470 e. The van der Waals surface area contributed by atoms with Crippen molar-refractivity contribution in [2.45, 2.75) is 32.2 Å². The number of benzene rings is 2. The maximum Gasteiger partial charge on any atom is 0.453 e. The summed E-state index contributed by atoms with van der Waals surface area (Å²) in [5.41, 5.74) is 2.75.